The topological polar surface area (TPSA) is 66.8 Å². The van der Waals surface area contributed by atoms with Crippen LogP contribution in [-0.4, -0.2) is 41.1 Å². The number of methoxy groups -OCH3 is 1. The second-order valence-corrected chi connectivity index (χ2v) is 6.94. The second-order valence-electron chi connectivity index (χ2n) is 6.94. The van der Waals surface area contributed by atoms with E-state index in [1.807, 2.05) is 31.2 Å². The van der Waals surface area contributed by atoms with Gasteiger partial charge in [-0.2, -0.15) is 0 Å². The standard InChI is InChI=1S/C19H25NO4/c1-12(13-7-9-15(24-2)10-8-13)18(21)20-16-6-4-3-5-14(16)11-17(20)19(22)23/h7-10,12,14,16-17H,3-6,11H2,1-2H3,(H,22,23). The molecule has 0 bridgehead atoms. The molecule has 1 aliphatic heterocycles. The highest BCUT2D eigenvalue weighted by Crippen LogP contribution is 2.41. The number of nitrogens with zero attached hydrogens (tertiary/aromatic N) is 1. The first-order chi connectivity index (χ1) is 11.5. The lowest BCUT2D eigenvalue weighted by molar-refractivity contribution is -0.150. The zero-order valence-corrected chi connectivity index (χ0v) is 14.3. The summed E-state index contributed by atoms with van der Waals surface area (Å²) >= 11 is 0. The van der Waals surface area contributed by atoms with Crippen LogP contribution in [-0.2, 0) is 9.59 Å². The van der Waals surface area contributed by atoms with Gasteiger partial charge in [0.05, 0.1) is 13.0 Å². The Morgan fingerprint density at radius 3 is 2.50 bits per heavy atom. The third kappa shape index (κ3) is 2.99. The molecule has 130 valence electrons. The van der Waals surface area contributed by atoms with E-state index < -0.39 is 12.0 Å². The van der Waals surface area contributed by atoms with Crippen LogP contribution in [0, 0.1) is 5.92 Å². The molecule has 5 nitrogen and oxygen atoms in total. The number of hydrogen-bond acceptors (Lipinski definition) is 3. The molecule has 2 aliphatic rings. The number of carboxylic acid groups (broad SMARTS) is 1. The number of ether oxygens (including phenoxy) is 1. The van der Waals surface area contributed by atoms with E-state index in [-0.39, 0.29) is 17.9 Å². The monoisotopic (exact) mass is 331 g/mol. The van der Waals surface area contributed by atoms with Crippen molar-refractivity contribution in [3.05, 3.63) is 29.8 Å². The van der Waals surface area contributed by atoms with E-state index in [0.717, 1.165) is 37.0 Å². The van der Waals surface area contributed by atoms with E-state index >= 15 is 0 Å². The first kappa shape index (κ1) is 16.8. The lowest BCUT2D eigenvalue weighted by Crippen LogP contribution is -2.47. The molecular formula is C19H25NO4. The van der Waals surface area contributed by atoms with Crippen molar-refractivity contribution < 1.29 is 19.4 Å². The van der Waals surface area contributed by atoms with Gasteiger partial charge in [-0.1, -0.05) is 25.0 Å². The van der Waals surface area contributed by atoms with Crippen molar-refractivity contribution >= 4 is 11.9 Å². The summed E-state index contributed by atoms with van der Waals surface area (Å²) in [6.45, 7) is 1.86. The summed E-state index contributed by atoms with van der Waals surface area (Å²) in [4.78, 5) is 26.5. The Kier molecular flexibility index (Phi) is 4.78. The number of carboxylic acids is 1. The smallest absolute Gasteiger partial charge is 0.326 e. The van der Waals surface area contributed by atoms with E-state index in [2.05, 4.69) is 0 Å². The molecule has 1 aliphatic carbocycles. The molecule has 5 heteroatoms. The zero-order chi connectivity index (χ0) is 17.3. The maximum Gasteiger partial charge on any atom is 0.326 e. The summed E-state index contributed by atoms with van der Waals surface area (Å²) in [5, 5.41) is 9.59. The van der Waals surface area contributed by atoms with Crippen LogP contribution < -0.4 is 4.74 Å². The number of hydrogen-bond donors (Lipinski definition) is 1. The summed E-state index contributed by atoms with van der Waals surface area (Å²) in [6.07, 6.45) is 4.78. The SMILES string of the molecule is COc1ccc(C(C)C(=O)N2C(C(=O)O)CC3CCCCC32)cc1. The highest BCUT2D eigenvalue weighted by atomic mass is 16.5. The van der Waals surface area contributed by atoms with Crippen LogP contribution in [0.4, 0.5) is 0 Å². The van der Waals surface area contributed by atoms with Crippen molar-refractivity contribution in [1.82, 2.24) is 4.90 Å². The summed E-state index contributed by atoms with van der Waals surface area (Å²) in [5.74, 6) is -0.206. The van der Waals surface area contributed by atoms with Crippen molar-refractivity contribution in [3.63, 3.8) is 0 Å². The minimum absolute atomic E-state index is 0.0676. The van der Waals surface area contributed by atoms with E-state index in [1.165, 1.54) is 0 Å². The average molecular weight is 331 g/mol. The Morgan fingerprint density at radius 1 is 1.21 bits per heavy atom. The highest BCUT2D eigenvalue weighted by molar-refractivity contribution is 5.89. The molecule has 0 spiro atoms. The minimum Gasteiger partial charge on any atom is -0.497 e. The minimum atomic E-state index is -0.875. The van der Waals surface area contributed by atoms with Gasteiger partial charge < -0.3 is 14.7 Å². The normalized spacial score (nSPS) is 27.4. The molecule has 2 fully saturated rings. The van der Waals surface area contributed by atoms with Crippen molar-refractivity contribution in [1.29, 1.82) is 0 Å². The summed E-state index contributed by atoms with van der Waals surface area (Å²) < 4.78 is 5.16. The Labute approximate surface area is 142 Å². The second kappa shape index (κ2) is 6.83. The number of aliphatic carboxylic acids is 1. The first-order valence-corrected chi connectivity index (χ1v) is 8.72. The first-order valence-electron chi connectivity index (χ1n) is 8.72. The van der Waals surface area contributed by atoms with Crippen molar-refractivity contribution in [3.8, 4) is 5.75 Å². The van der Waals surface area contributed by atoms with E-state index in [0.29, 0.717) is 12.3 Å². The number of rotatable bonds is 4. The van der Waals surface area contributed by atoms with Crippen LogP contribution in [0.1, 0.15) is 50.5 Å². The molecule has 1 heterocycles. The molecule has 1 saturated carbocycles. The summed E-state index contributed by atoms with van der Waals surface area (Å²) in [5.41, 5.74) is 0.893. The van der Waals surface area contributed by atoms with Gasteiger partial charge in [0.1, 0.15) is 11.8 Å². The highest BCUT2D eigenvalue weighted by Gasteiger charge is 2.48. The molecule has 0 aromatic heterocycles. The number of likely N-dealkylation sites (tertiary alicyclic amines) is 1. The number of amides is 1. The van der Waals surface area contributed by atoms with Crippen LogP contribution in [0.3, 0.4) is 0 Å². The van der Waals surface area contributed by atoms with Gasteiger partial charge in [-0.3, -0.25) is 4.79 Å². The largest absolute Gasteiger partial charge is 0.497 e. The molecule has 1 aromatic carbocycles. The van der Waals surface area contributed by atoms with Crippen molar-refractivity contribution in [2.24, 2.45) is 5.92 Å². The number of carbonyl (C=O) groups is 2. The summed E-state index contributed by atoms with van der Waals surface area (Å²) in [6, 6.07) is 6.85. The molecule has 24 heavy (non-hydrogen) atoms. The molecule has 0 radical (unpaired) electrons. The number of carbonyl (C=O) groups excluding carboxylic acids is 1. The predicted octanol–water partition coefficient (Wildman–Crippen LogP) is 3.04. The van der Waals surface area contributed by atoms with Gasteiger partial charge >= 0.3 is 5.97 Å². The Hall–Kier alpha value is -2.04. The van der Waals surface area contributed by atoms with Gasteiger partial charge in [0.25, 0.3) is 0 Å². The van der Waals surface area contributed by atoms with Gasteiger partial charge in [-0.15, -0.1) is 0 Å². The zero-order valence-electron chi connectivity index (χ0n) is 14.3. The molecule has 4 atom stereocenters. The molecule has 3 rings (SSSR count). The maximum atomic E-state index is 13.1. The van der Waals surface area contributed by atoms with Crippen molar-refractivity contribution in [2.45, 2.75) is 57.0 Å². The summed E-state index contributed by atoms with van der Waals surface area (Å²) in [7, 11) is 1.61. The van der Waals surface area contributed by atoms with Gasteiger partial charge in [-0.05, 0) is 49.8 Å². The molecule has 1 saturated heterocycles. The van der Waals surface area contributed by atoms with Gasteiger partial charge in [-0.25, -0.2) is 4.79 Å². The molecular weight excluding hydrogens is 306 g/mol. The maximum absolute atomic E-state index is 13.1. The fourth-order valence-corrected chi connectivity index (χ4v) is 4.26. The quantitative estimate of drug-likeness (QED) is 0.921. The van der Waals surface area contributed by atoms with Crippen molar-refractivity contribution in [2.75, 3.05) is 7.11 Å². The van der Waals surface area contributed by atoms with Crippen LogP contribution in [0.5, 0.6) is 5.75 Å². The Balaban J connectivity index is 1.83. The fraction of sp³-hybridized carbons (Fsp3) is 0.579. The van der Waals surface area contributed by atoms with E-state index in [1.54, 1.807) is 12.0 Å². The Bertz CT molecular complexity index is 612. The molecule has 4 unspecified atom stereocenters. The molecule has 1 aromatic rings. The molecule has 1 amide bonds. The third-order valence-corrected chi connectivity index (χ3v) is 5.61. The Morgan fingerprint density at radius 2 is 1.88 bits per heavy atom. The van der Waals surface area contributed by atoms with E-state index in [9.17, 15) is 14.7 Å². The van der Waals surface area contributed by atoms with Crippen LogP contribution in [0.15, 0.2) is 24.3 Å². The third-order valence-electron chi connectivity index (χ3n) is 5.61. The van der Waals surface area contributed by atoms with Gasteiger partial charge in [0.2, 0.25) is 5.91 Å². The van der Waals surface area contributed by atoms with Gasteiger partial charge in [0, 0.05) is 6.04 Å². The van der Waals surface area contributed by atoms with Crippen LogP contribution in [0.25, 0.3) is 0 Å². The lowest BCUT2D eigenvalue weighted by Gasteiger charge is -2.34. The fourth-order valence-electron chi connectivity index (χ4n) is 4.26. The lowest BCUT2D eigenvalue weighted by atomic mass is 9.84. The number of fused-ring (bicyclic) bond motifs is 1. The number of benzene rings is 1. The van der Waals surface area contributed by atoms with Gasteiger partial charge in [0.15, 0.2) is 0 Å². The average Bonchev–Trinajstić information content (AvgIpc) is 3.00. The predicted molar refractivity (Wildman–Crippen MR) is 90.0 cm³/mol. The van der Waals surface area contributed by atoms with E-state index in [4.69, 9.17) is 4.74 Å². The molecule has 1 N–H and O–H groups in total. The van der Waals surface area contributed by atoms with Crippen LogP contribution >= 0.6 is 0 Å². The van der Waals surface area contributed by atoms with Crippen LogP contribution in [0.2, 0.25) is 0 Å².